The minimum atomic E-state index is -0.984. The Kier molecular flexibility index (Phi) is 5.54. The second kappa shape index (κ2) is 9.06. The zero-order valence-electron chi connectivity index (χ0n) is 24.9. The molecule has 0 saturated carbocycles. The van der Waals surface area contributed by atoms with E-state index >= 15 is 0 Å². The van der Waals surface area contributed by atoms with Crippen LogP contribution in [0.2, 0.25) is 0 Å². The molecule has 0 amide bonds. The highest BCUT2D eigenvalue weighted by molar-refractivity contribution is 6.47. The Labute approximate surface area is 253 Å². The van der Waals surface area contributed by atoms with Crippen LogP contribution in [0, 0.1) is 0 Å². The Morgan fingerprint density at radius 1 is 0.605 bits per heavy atom. The molecule has 0 aromatic heterocycles. The highest BCUT2D eigenvalue weighted by atomic mass is 16.5. The number of fused-ring (bicyclic) bond motifs is 13. The second-order valence-electron chi connectivity index (χ2n) is 13.0. The molecular formula is C39H33BO3. The van der Waals surface area contributed by atoms with Gasteiger partial charge in [0.1, 0.15) is 11.5 Å². The molecule has 0 fully saturated rings. The molecule has 1 aliphatic carbocycles. The van der Waals surface area contributed by atoms with E-state index in [2.05, 4.69) is 115 Å². The summed E-state index contributed by atoms with van der Waals surface area (Å²) in [7, 11) is 0.391. The molecule has 6 aromatic carbocycles. The third kappa shape index (κ3) is 3.63. The fraction of sp³-hybridized carbons (Fsp3) is 0.179. The summed E-state index contributed by atoms with van der Waals surface area (Å²) in [6.45, 7) is 7.48. The van der Waals surface area contributed by atoms with E-state index in [-0.39, 0.29) is 0 Å². The average molecular weight is 561 g/mol. The van der Waals surface area contributed by atoms with Gasteiger partial charge in [-0.1, -0.05) is 121 Å². The van der Waals surface area contributed by atoms with E-state index in [9.17, 15) is 5.11 Å². The summed E-state index contributed by atoms with van der Waals surface area (Å²) in [4.78, 5) is 0. The smallest absolute Gasteiger partial charge is 0.309 e. The maximum absolute atomic E-state index is 10.7. The quantitative estimate of drug-likeness (QED) is 0.222. The lowest BCUT2D eigenvalue weighted by molar-refractivity contribution is -0.0893. The van der Waals surface area contributed by atoms with Crippen LogP contribution in [0.25, 0.3) is 32.7 Å². The first-order chi connectivity index (χ1) is 20.7. The van der Waals surface area contributed by atoms with Crippen LogP contribution in [-0.2, 0) is 10.1 Å². The van der Waals surface area contributed by atoms with Crippen molar-refractivity contribution in [1.29, 1.82) is 0 Å². The maximum Gasteiger partial charge on any atom is 0.309 e. The lowest BCUT2D eigenvalue weighted by Crippen LogP contribution is -2.49. The van der Waals surface area contributed by atoms with Crippen LogP contribution in [0.15, 0.2) is 115 Å². The van der Waals surface area contributed by atoms with Gasteiger partial charge >= 0.3 is 7.48 Å². The molecule has 43 heavy (non-hydrogen) atoms. The van der Waals surface area contributed by atoms with Gasteiger partial charge < -0.3 is 14.5 Å². The molecule has 0 radical (unpaired) electrons. The fourth-order valence-corrected chi connectivity index (χ4v) is 6.98. The average Bonchev–Trinajstić information content (AvgIpc) is 3.29. The third-order valence-electron chi connectivity index (χ3n) is 9.95. The first kappa shape index (κ1) is 26.3. The van der Waals surface area contributed by atoms with Crippen molar-refractivity contribution in [2.75, 3.05) is 0 Å². The summed E-state index contributed by atoms with van der Waals surface area (Å²) in [5, 5.41) is 15.3. The molecule has 1 heterocycles. The van der Waals surface area contributed by atoms with E-state index in [1.165, 1.54) is 22.3 Å². The summed E-state index contributed by atoms with van der Waals surface area (Å²) in [6.07, 6.45) is 0. The molecule has 210 valence electrons. The number of hydrogen-bond acceptors (Lipinski definition) is 3. The van der Waals surface area contributed by atoms with Crippen molar-refractivity contribution in [2.45, 2.75) is 44.3 Å². The van der Waals surface area contributed by atoms with Gasteiger partial charge in [-0.3, -0.25) is 0 Å². The number of ether oxygens (including phenoxy) is 1. The van der Waals surface area contributed by atoms with Gasteiger partial charge in [-0.2, -0.15) is 0 Å². The van der Waals surface area contributed by atoms with Crippen molar-refractivity contribution in [3.8, 4) is 22.6 Å². The molecule has 1 spiro atoms. The van der Waals surface area contributed by atoms with Gasteiger partial charge in [0.05, 0.1) is 16.6 Å². The van der Waals surface area contributed by atoms with E-state index in [1.807, 2.05) is 13.8 Å². The SMILES string of the molecule is CC(C)(O)C(C)(C)OBc1ccc2c(c1)C1(c3ccccc3-2)c2ccc3ccccc3c2Oc2c1ccc1ccccc21. The number of rotatable bonds is 4. The van der Waals surface area contributed by atoms with E-state index < -0.39 is 16.6 Å². The predicted molar refractivity (Wildman–Crippen MR) is 177 cm³/mol. The van der Waals surface area contributed by atoms with Crippen molar-refractivity contribution in [1.82, 2.24) is 0 Å². The Bertz CT molecular complexity index is 2000. The van der Waals surface area contributed by atoms with Gasteiger partial charge in [0.15, 0.2) is 0 Å². The molecular weight excluding hydrogens is 527 g/mol. The first-order valence-corrected chi connectivity index (χ1v) is 15.0. The van der Waals surface area contributed by atoms with Gasteiger partial charge in [-0.25, -0.2) is 0 Å². The van der Waals surface area contributed by atoms with Crippen molar-refractivity contribution < 1.29 is 14.5 Å². The van der Waals surface area contributed by atoms with Crippen LogP contribution in [0.4, 0.5) is 0 Å². The highest BCUT2D eigenvalue weighted by Gasteiger charge is 2.52. The summed E-state index contributed by atoms with van der Waals surface area (Å²) in [6, 6.07) is 41.5. The van der Waals surface area contributed by atoms with Crippen LogP contribution >= 0.6 is 0 Å². The van der Waals surface area contributed by atoms with Crippen LogP contribution in [0.5, 0.6) is 11.5 Å². The maximum atomic E-state index is 10.7. The number of aliphatic hydroxyl groups is 1. The predicted octanol–water partition coefficient (Wildman–Crippen LogP) is 8.00. The van der Waals surface area contributed by atoms with E-state index in [0.29, 0.717) is 7.48 Å². The molecule has 0 atom stereocenters. The van der Waals surface area contributed by atoms with Crippen molar-refractivity contribution in [3.05, 3.63) is 138 Å². The van der Waals surface area contributed by atoms with Crippen LogP contribution in [0.3, 0.4) is 0 Å². The van der Waals surface area contributed by atoms with Crippen molar-refractivity contribution in [3.63, 3.8) is 0 Å². The van der Waals surface area contributed by atoms with Gasteiger partial charge in [0, 0.05) is 21.9 Å². The van der Waals surface area contributed by atoms with Gasteiger partial charge in [-0.05, 0) is 60.7 Å². The van der Waals surface area contributed by atoms with Gasteiger partial charge in [0.25, 0.3) is 0 Å². The first-order valence-electron chi connectivity index (χ1n) is 15.0. The lowest BCUT2D eigenvalue weighted by atomic mass is 9.64. The summed E-state index contributed by atoms with van der Waals surface area (Å²) >= 11 is 0. The fourth-order valence-electron chi connectivity index (χ4n) is 6.98. The summed E-state index contributed by atoms with van der Waals surface area (Å²) in [5.74, 6) is 1.82. The van der Waals surface area contributed by atoms with Gasteiger partial charge in [0.2, 0.25) is 0 Å². The van der Waals surface area contributed by atoms with Crippen molar-refractivity contribution in [2.24, 2.45) is 0 Å². The Balaban J connectivity index is 1.45. The number of benzene rings is 6. The van der Waals surface area contributed by atoms with Crippen LogP contribution in [0.1, 0.15) is 49.9 Å². The minimum absolute atomic E-state index is 0.391. The Morgan fingerprint density at radius 2 is 1.16 bits per heavy atom. The highest BCUT2D eigenvalue weighted by Crippen LogP contribution is 2.63. The summed E-state index contributed by atoms with van der Waals surface area (Å²) < 4.78 is 13.4. The van der Waals surface area contributed by atoms with E-state index in [4.69, 9.17) is 9.39 Å². The Hall–Kier alpha value is -4.38. The standard InChI is InChI=1S/C39H33BO3/c1-37(2,41)38(3,4)43-40-26-19-20-30-29-15-9-10-16-31(29)39(34(30)23-26)32-21-17-24-11-5-7-13-27(24)35(32)42-36-28-14-8-6-12-25(28)18-22-33(36)39/h5-23,40-41H,1-4H3. The molecule has 1 N–H and O–H groups in total. The molecule has 4 heteroatoms. The number of hydrogen-bond donors (Lipinski definition) is 1. The van der Waals surface area contributed by atoms with E-state index in [0.717, 1.165) is 49.6 Å². The molecule has 0 unspecified atom stereocenters. The normalized spacial score (nSPS) is 14.6. The zero-order chi connectivity index (χ0) is 29.6. The summed E-state index contributed by atoms with van der Waals surface area (Å²) in [5.41, 5.74) is 6.03. The largest absolute Gasteiger partial charge is 0.455 e. The molecule has 0 bridgehead atoms. The topological polar surface area (TPSA) is 38.7 Å². The molecule has 2 aliphatic rings. The Morgan fingerprint density at radius 3 is 1.79 bits per heavy atom. The van der Waals surface area contributed by atoms with Crippen LogP contribution < -0.4 is 10.2 Å². The molecule has 3 nitrogen and oxygen atoms in total. The van der Waals surface area contributed by atoms with Crippen molar-refractivity contribution >= 4 is 34.5 Å². The molecule has 8 rings (SSSR count). The van der Waals surface area contributed by atoms with Gasteiger partial charge in [-0.15, -0.1) is 0 Å². The van der Waals surface area contributed by atoms with E-state index in [1.54, 1.807) is 13.8 Å². The van der Waals surface area contributed by atoms with Crippen LogP contribution in [-0.4, -0.2) is 23.8 Å². The minimum Gasteiger partial charge on any atom is -0.455 e. The molecule has 0 saturated heterocycles. The monoisotopic (exact) mass is 560 g/mol. The zero-order valence-corrected chi connectivity index (χ0v) is 24.9. The molecule has 6 aromatic rings. The second-order valence-corrected chi connectivity index (χ2v) is 13.0. The lowest BCUT2D eigenvalue weighted by Gasteiger charge is -2.40. The molecule has 1 aliphatic heterocycles. The third-order valence-corrected chi connectivity index (χ3v) is 9.95.